The SMILES string of the molecule is O=C(c1cc(F)ccc1F)C1CCN(C(=O)C2CC2c2ccccc2F)CC1. The van der Waals surface area contributed by atoms with E-state index in [9.17, 15) is 22.8 Å². The van der Waals surface area contributed by atoms with Crippen LogP contribution < -0.4 is 0 Å². The molecule has 146 valence electrons. The zero-order chi connectivity index (χ0) is 19.8. The normalized spacial score (nSPS) is 22.2. The average Bonchev–Trinajstić information content (AvgIpc) is 3.50. The maximum absolute atomic E-state index is 13.9. The lowest BCUT2D eigenvalue weighted by atomic mass is 9.88. The highest BCUT2D eigenvalue weighted by molar-refractivity contribution is 5.98. The minimum atomic E-state index is -0.726. The van der Waals surface area contributed by atoms with E-state index in [1.807, 2.05) is 0 Å². The number of Topliss-reactive ketones (excluding diaryl/α,β-unsaturated/α-hetero) is 1. The summed E-state index contributed by atoms with van der Waals surface area (Å²) in [7, 11) is 0. The van der Waals surface area contributed by atoms with Crippen LogP contribution in [0.1, 0.15) is 41.1 Å². The number of benzene rings is 2. The molecule has 6 heteroatoms. The zero-order valence-corrected chi connectivity index (χ0v) is 15.2. The van der Waals surface area contributed by atoms with Crippen molar-refractivity contribution in [3.05, 3.63) is 71.0 Å². The molecule has 3 nitrogen and oxygen atoms in total. The Morgan fingerprint density at radius 3 is 2.36 bits per heavy atom. The summed E-state index contributed by atoms with van der Waals surface area (Å²) in [5.74, 6) is -2.83. The molecule has 28 heavy (non-hydrogen) atoms. The first-order valence-electron chi connectivity index (χ1n) is 9.48. The summed E-state index contributed by atoms with van der Waals surface area (Å²) < 4.78 is 41.1. The summed E-state index contributed by atoms with van der Waals surface area (Å²) in [4.78, 5) is 26.9. The van der Waals surface area contributed by atoms with Gasteiger partial charge >= 0.3 is 0 Å². The molecule has 2 aromatic rings. The molecule has 0 bridgehead atoms. The summed E-state index contributed by atoms with van der Waals surface area (Å²) in [6, 6.07) is 9.37. The number of amides is 1. The summed E-state index contributed by atoms with van der Waals surface area (Å²) in [6.45, 7) is 0.791. The smallest absolute Gasteiger partial charge is 0.226 e. The number of ketones is 1. The second kappa shape index (κ2) is 7.41. The van der Waals surface area contributed by atoms with Gasteiger partial charge in [-0.2, -0.15) is 0 Å². The van der Waals surface area contributed by atoms with Gasteiger partial charge in [-0.15, -0.1) is 0 Å². The van der Waals surface area contributed by atoms with Crippen molar-refractivity contribution in [1.29, 1.82) is 0 Å². The first kappa shape index (κ1) is 18.7. The summed E-state index contributed by atoms with van der Waals surface area (Å²) in [5.41, 5.74) is 0.346. The average molecular weight is 387 g/mol. The minimum absolute atomic E-state index is 0.0175. The molecule has 2 unspecified atom stereocenters. The number of rotatable bonds is 4. The second-order valence-electron chi connectivity index (χ2n) is 7.56. The molecule has 1 saturated carbocycles. The Morgan fingerprint density at radius 2 is 1.64 bits per heavy atom. The van der Waals surface area contributed by atoms with Crippen LogP contribution >= 0.6 is 0 Å². The van der Waals surface area contributed by atoms with Crippen LogP contribution in [0.15, 0.2) is 42.5 Å². The van der Waals surface area contributed by atoms with E-state index >= 15 is 0 Å². The van der Waals surface area contributed by atoms with Crippen LogP contribution in [0.4, 0.5) is 13.2 Å². The number of hydrogen-bond donors (Lipinski definition) is 0. The van der Waals surface area contributed by atoms with Gasteiger partial charge in [0.1, 0.15) is 17.5 Å². The number of carbonyl (C=O) groups excluding carboxylic acids is 2. The van der Waals surface area contributed by atoms with Gasteiger partial charge in [0.05, 0.1) is 5.56 Å². The zero-order valence-electron chi connectivity index (χ0n) is 15.2. The highest BCUT2D eigenvalue weighted by Gasteiger charge is 2.47. The predicted molar refractivity (Wildman–Crippen MR) is 97.2 cm³/mol. The highest BCUT2D eigenvalue weighted by atomic mass is 19.1. The highest BCUT2D eigenvalue weighted by Crippen LogP contribution is 2.49. The van der Waals surface area contributed by atoms with Gasteiger partial charge in [0.2, 0.25) is 5.91 Å². The quantitative estimate of drug-likeness (QED) is 0.733. The molecule has 1 saturated heterocycles. The fourth-order valence-electron chi connectivity index (χ4n) is 4.09. The molecule has 2 aromatic carbocycles. The molecule has 1 amide bonds. The lowest BCUT2D eigenvalue weighted by Crippen LogP contribution is -2.41. The third kappa shape index (κ3) is 3.55. The number of halogens is 3. The molecule has 4 rings (SSSR count). The van der Waals surface area contributed by atoms with Gasteiger partial charge in [-0.3, -0.25) is 9.59 Å². The van der Waals surface area contributed by atoms with Gasteiger partial charge in [0.25, 0.3) is 0 Å². The Labute approximate surface area is 161 Å². The molecular weight excluding hydrogens is 367 g/mol. The molecule has 0 aromatic heterocycles. The van der Waals surface area contributed by atoms with Crippen molar-refractivity contribution in [2.45, 2.75) is 25.2 Å². The van der Waals surface area contributed by atoms with E-state index in [0.29, 0.717) is 37.9 Å². The third-order valence-corrected chi connectivity index (χ3v) is 5.78. The first-order valence-corrected chi connectivity index (χ1v) is 9.48. The van der Waals surface area contributed by atoms with Crippen LogP contribution in [0, 0.1) is 29.3 Å². The largest absolute Gasteiger partial charge is 0.342 e. The Bertz CT molecular complexity index is 922. The van der Waals surface area contributed by atoms with Crippen LogP contribution in [-0.2, 0) is 4.79 Å². The van der Waals surface area contributed by atoms with Crippen molar-refractivity contribution in [2.24, 2.45) is 11.8 Å². The van der Waals surface area contributed by atoms with Crippen molar-refractivity contribution in [2.75, 3.05) is 13.1 Å². The van der Waals surface area contributed by atoms with E-state index in [-0.39, 0.29) is 29.1 Å². The molecule has 1 aliphatic carbocycles. The molecule has 2 fully saturated rings. The molecule has 1 heterocycles. The topological polar surface area (TPSA) is 37.4 Å². The van der Waals surface area contributed by atoms with Gasteiger partial charge in [0, 0.05) is 24.9 Å². The van der Waals surface area contributed by atoms with Crippen molar-refractivity contribution in [3.63, 3.8) is 0 Å². The second-order valence-corrected chi connectivity index (χ2v) is 7.56. The molecule has 2 atom stereocenters. The third-order valence-electron chi connectivity index (χ3n) is 5.78. The summed E-state index contributed by atoms with van der Waals surface area (Å²) in [6.07, 6.45) is 1.46. The Morgan fingerprint density at radius 1 is 0.929 bits per heavy atom. The summed E-state index contributed by atoms with van der Waals surface area (Å²) in [5, 5.41) is 0. The lowest BCUT2D eigenvalue weighted by molar-refractivity contribution is -0.133. The van der Waals surface area contributed by atoms with E-state index in [4.69, 9.17) is 0 Å². The van der Waals surface area contributed by atoms with Gasteiger partial charge in [-0.1, -0.05) is 18.2 Å². The molecule has 0 spiro atoms. The fourth-order valence-corrected chi connectivity index (χ4v) is 4.09. The van der Waals surface area contributed by atoms with E-state index < -0.39 is 23.3 Å². The summed E-state index contributed by atoms with van der Waals surface area (Å²) >= 11 is 0. The van der Waals surface area contributed by atoms with Gasteiger partial charge in [0.15, 0.2) is 5.78 Å². The first-order chi connectivity index (χ1) is 13.5. The van der Waals surface area contributed by atoms with Crippen molar-refractivity contribution in [3.8, 4) is 0 Å². The Kier molecular flexibility index (Phi) is 4.96. The lowest BCUT2D eigenvalue weighted by Gasteiger charge is -2.31. The number of piperidine rings is 1. The molecule has 0 radical (unpaired) electrons. The fraction of sp³-hybridized carbons (Fsp3) is 0.364. The Balaban J connectivity index is 1.36. The van der Waals surface area contributed by atoms with E-state index in [0.717, 1.165) is 18.2 Å². The van der Waals surface area contributed by atoms with E-state index in [1.54, 1.807) is 23.1 Å². The van der Waals surface area contributed by atoms with E-state index in [2.05, 4.69) is 0 Å². The van der Waals surface area contributed by atoms with Crippen LogP contribution in [0.25, 0.3) is 0 Å². The van der Waals surface area contributed by atoms with Crippen LogP contribution in [0.3, 0.4) is 0 Å². The van der Waals surface area contributed by atoms with Gasteiger partial charge < -0.3 is 4.90 Å². The molecular formula is C22H20F3NO2. The van der Waals surface area contributed by atoms with Gasteiger partial charge in [-0.05, 0) is 55.0 Å². The van der Waals surface area contributed by atoms with Crippen molar-refractivity contribution < 1.29 is 22.8 Å². The van der Waals surface area contributed by atoms with Crippen LogP contribution in [0.2, 0.25) is 0 Å². The number of hydrogen-bond acceptors (Lipinski definition) is 2. The van der Waals surface area contributed by atoms with Crippen LogP contribution in [-0.4, -0.2) is 29.7 Å². The van der Waals surface area contributed by atoms with E-state index in [1.165, 1.54) is 6.07 Å². The van der Waals surface area contributed by atoms with Crippen molar-refractivity contribution in [1.82, 2.24) is 4.90 Å². The molecule has 2 aliphatic rings. The maximum Gasteiger partial charge on any atom is 0.226 e. The van der Waals surface area contributed by atoms with Crippen molar-refractivity contribution >= 4 is 11.7 Å². The molecule has 1 aliphatic heterocycles. The number of likely N-dealkylation sites (tertiary alicyclic amines) is 1. The molecule has 0 N–H and O–H groups in total. The number of carbonyl (C=O) groups is 2. The Hall–Kier alpha value is -2.63. The standard InChI is InChI=1S/C22H20F3NO2/c23-14-5-6-20(25)18(11-14)21(27)13-7-9-26(10-8-13)22(28)17-12-16(17)15-3-1-2-4-19(15)24/h1-6,11,13,16-17H,7-10,12H2. The minimum Gasteiger partial charge on any atom is -0.342 e. The van der Waals surface area contributed by atoms with Crippen LogP contribution in [0.5, 0.6) is 0 Å². The maximum atomic E-state index is 13.9. The number of nitrogens with zero attached hydrogens (tertiary/aromatic N) is 1. The monoisotopic (exact) mass is 387 g/mol. The predicted octanol–water partition coefficient (Wildman–Crippen LogP) is 4.33. The van der Waals surface area contributed by atoms with Gasteiger partial charge in [-0.25, -0.2) is 13.2 Å².